The average molecular weight is 584 g/mol. The Labute approximate surface area is 246 Å². The summed E-state index contributed by atoms with van der Waals surface area (Å²) < 4.78 is 0. The lowest BCUT2D eigenvalue weighted by Gasteiger charge is -2.34. The van der Waals surface area contributed by atoms with Gasteiger partial charge in [-0.1, -0.05) is 103 Å². The highest BCUT2D eigenvalue weighted by Crippen LogP contribution is 2.26. The molecule has 1 N–H and O–H groups in total. The molecule has 7 heteroatoms. The Morgan fingerprint density at radius 2 is 1.67 bits per heavy atom. The van der Waals surface area contributed by atoms with Crippen molar-refractivity contribution < 1.29 is 9.59 Å². The maximum absolute atomic E-state index is 13.9. The van der Waals surface area contributed by atoms with E-state index < -0.39 is 6.04 Å². The zero-order valence-electron chi connectivity index (χ0n) is 22.4. The summed E-state index contributed by atoms with van der Waals surface area (Å²) in [5, 5.41) is 4.48. The molecule has 1 aliphatic rings. The minimum Gasteiger partial charge on any atom is -0.352 e. The lowest BCUT2D eigenvalue weighted by molar-refractivity contribution is -0.139. The van der Waals surface area contributed by atoms with Gasteiger partial charge >= 0.3 is 0 Å². The lowest BCUT2D eigenvalue weighted by Crippen LogP contribution is -2.53. The molecule has 4 rings (SSSR count). The summed E-state index contributed by atoms with van der Waals surface area (Å²) >= 11 is 13.9. The van der Waals surface area contributed by atoms with Crippen molar-refractivity contribution >= 4 is 46.8 Å². The van der Waals surface area contributed by atoms with Gasteiger partial charge in [-0.25, -0.2) is 0 Å². The Hall–Kier alpha value is -2.47. The number of aryl methyl sites for hydroxylation is 1. The van der Waals surface area contributed by atoms with Gasteiger partial charge in [0.2, 0.25) is 11.8 Å². The van der Waals surface area contributed by atoms with Crippen LogP contribution in [0, 0.1) is 6.92 Å². The van der Waals surface area contributed by atoms with E-state index in [0.29, 0.717) is 28.8 Å². The summed E-state index contributed by atoms with van der Waals surface area (Å²) in [7, 11) is 0. The first-order valence-corrected chi connectivity index (χ1v) is 15.5. The van der Waals surface area contributed by atoms with Crippen molar-refractivity contribution in [1.29, 1.82) is 0 Å². The van der Waals surface area contributed by atoms with Crippen LogP contribution in [-0.4, -0.2) is 34.6 Å². The van der Waals surface area contributed by atoms with Gasteiger partial charge in [0.25, 0.3) is 0 Å². The number of hydrogen-bond donors (Lipinski definition) is 1. The van der Waals surface area contributed by atoms with Gasteiger partial charge in [0.15, 0.2) is 0 Å². The van der Waals surface area contributed by atoms with Gasteiger partial charge in [0, 0.05) is 34.8 Å². The monoisotopic (exact) mass is 582 g/mol. The maximum atomic E-state index is 13.9. The Kier molecular flexibility index (Phi) is 11.2. The third kappa shape index (κ3) is 8.76. The van der Waals surface area contributed by atoms with Crippen molar-refractivity contribution in [2.75, 3.05) is 5.75 Å². The molecule has 0 saturated heterocycles. The number of hydrogen-bond acceptors (Lipinski definition) is 3. The van der Waals surface area contributed by atoms with Crippen LogP contribution in [0.4, 0.5) is 0 Å². The van der Waals surface area contributed by atoms with Crippen molar-refractivity contribution in [1.82, 2.24) is 10.2 Å². The number of carbonyl (C=O) groups is 2. The number of nitrogens with zero attached hydrogens (tertiary/aromatic N) is 1. The minimum atomic E-state index is -0.610. The first kappa shape index (κ1) is 29.5. The first-order chi connectivity index (χ1) is 18.9. The normalized spacial score (nSPS) is 14.5. The fourth-order valence-corrected chi connectivity index (χ4v) is 6.51. The Balaban J connectivity index is 1.57. The fourth-order valence-electron chi connectivity index (χ4n) is 5.04. The standard InChI is InChI=1S/C32H36Cl2N2O2S/c1-23-10-8-9-13-25(23)20-36(31(37)22-39-21-26-16-17-27(33)19-29(26)34)30(18-24-11-4-2-5-12-24)32(38)35-28-14-6-3-7-15-28/h2,4-5,8-13,16-17,19,28,30H,3,6-7,14-15,18,20-22H2,1H3,(H,35,38)/t30-/m1/s1. The van der Waals surface area contributed by atoms with Crippen LogP contribution in [0.2, 0.25) is 10.0 Å². The second-order valence-electron chi connectivity index (χ2n) is 10.2. The predicted molar refractivity (Wildman–Crippen MR) is 163 cm³/mol. The number of carbonyl (C=O) groups excluding carboxylic acids is 2. The third-order valence-corrected chi connectivity index (χ3v) is 8.88. The van der Waals surface area contributed by atoms with Gasteiger partial charge in [-0.15, -0.1) is 11.8 Å². The van der Waals surface area contributed by atoms with E-state index in [9.17, 15) is 9.59 Å². The molecule has 0 aliphatic heterocycles. The van der Waals surface area contributed by atoms with Gasteiger partial charge < -0.3 is 10.2 Å². The van der Waals surface area contributed by atoms with Crippen molar-refractivity contribution in [3.8, 4) is 0 Å². The van der Waals surface area contributed by atoms with Gasteiger partial charge in [-0.3, -0.25) is 9.59 Å². The van der Waals surface area contributed by atoms with E-state index in [0.717, 1.165) is 47.9 Å². The largest absolute Gasteiger partial charge is 0.352 e. The molecule has 0 unspecified atom stereocenters. The molecule has 1 saturated carbocycles. The van der Waals surface area contributed by atoms with Gasteiger partial charge in [-0.05, 0) is 54.2 Å². The molecule has 39 heavy (non-hydrogen) atoms. The molecule has 3 aromatic rings. The van der Waals surface area contributed by atoms with Crippen molar-refractivity contribution in [3.05, 3.63) is 105 Å². The average Bonchev–Trinajstić information content (AvgIpc) is 2.94. The quantitative estimate of drug-likeness (QED) is 0.253. The fraction of sp³-hybridized carbons (Fsp3) is 0.375. The van der Waals surface area contributed by atoms with Crippen LogP contribution in [0.5, 0.6) is 0 Å². The molecule has 206 valence electrons. The summed E-state index contributed by atoms with van der Waals surface area (Å²) in [5.41, 5.74) is 4.10. The van der Waals surface area contributed by atoms with E-state index in [4.69, 9.17) is 23.2 Å². The molecule has 0 heterocycles. The second kappa shape index (κ2) is 14.8. The van der Waals surface area contributed by atoms with Crippen molar-refractivity contribution in [3.63, 3.8) is 0 Å². The molecule has 2 amide bonds. The summed E-state index contributed by atoms with van der Waals surface area (Å²) in [6, 6.07) is 23.0. The molecule has 1 aliphatic carbocycles. The molecule has 0 aromatic heterocycles. The predicted octanol–water partition coefficient (Wildman–Crippen LogP) is 7.62. The van der Waals surface area contributed by atoms with Crippen LogP contribution >= 0.6 is 35.0 Å². The van der Waals surface area contributed by atoms with E-state index in [2.05, 4.69) is 5.32 Å². The van der Waals surface area contributed by atoms with Crippen LogP contribution in [-0.2, 0) is 28.3 Å². The smallest absolute Gasteiger partial charge is 0.243 e. The Morgan fingerprint density at radius 3 is 2.38 bits per heavy atom. The SMILES string of the molecule is Cc1ccccc1CN(C(=O)CSCc1ccc(Cl)cc1Cl)[C@H](Cc1ccccc1)C(=O)NC1CCCCC1. The highest BCUT2D eigenvalue weighted by atomic mass is 35.5. The molecule has 0 spiro atoms. The van der Waals surface area contributed by atoms with Crippen molar-refractivity contribution in [2.24, 2.45) is 0 Å². The van der Waals surface area contributed by atoms with Crippen LogP contribution in [0.3, 0.4) is 0 Å². The Morgan fingerprint density at radius 1 is 0.949 bits per heavy atom. The highest BCUT2D eigenvalue weighted by molar-refractivity contribution is 7.99. The topological polar surface area (TPSA) is 49.4 Å². The third-order valence-electron chi connectivity index (χ3n) is 7.32. The van der Waals surface area contributed by atoms with Crippen molar-refractivity contribution in [2.45, 2.75) is 69.8 Å². The number of thioether (sulfide) groups is 1. The summed E-state index contributed by atoms with van der Waals surface area (Å²) in [5.74, 6) is 0.691. The molecule has 0 bridgehead atoms. The first-order valence-electron chi connectivity index (χ1n) is 13.6. The maximum Gasteiger partial charge on any atom is 0.243 e. The molecule has 4 nitrogen and oxygen atoms in total. The minimum absolute atomic E-state index is 0.0620. The summed E-state index contributed by atoms with van der Waals surface area (Å²) in [4.78, 5) is 29.5. The zero-order valence-corrected chi connectivity index (χ0v) is 24.7. The van der Waals surface area contributed by atoms with E-state index in [1.807, 2.05) is 67.6 Å². The molecular weight excluding hydrogens is 547 g/mol. The lowest BCUT2D eigenvalue weighted by atomic mass is 9.94. The number of amides is 2. The molecular formula is C32H36Cl2N2O2S. The second-order valence-corrected chi connectivity index (χ2v) is 12.1. The van der Waals surface area contributed by atoms with E-state index in [1.165, 1.54) is 18.2 Å². The molecule has 0 radical (unpaired) electrons. The van der Waals surface area contributed by atoms with E-state index in [-0.39, 0.29) is 23.6 Å². The number of halogens is 2. The van der Waals surface area contributed by atoms with Gasteiger partial charge in [0.1, 0.15) is 6.04 Å². The van der Waals surface area contributed by atoms with Gasteiger partial charge in [-0.2, -0.15) is 0 Å². The number of rotatable bonds is 11. The van der Waals surface area contributed by atoms with Crippen LogP contribution < -0.4 is 5.32 Å². The van der Waals surface area contributed by atoms with E-state index in [1.54, 1.807) is 17.0 Å². The van der Waals surface area contributed by atoms with E-state index >= 15 is 0 Å². The summed E-state index contributed by atoms with van der Waals surface area (Å²) in [6.07, 6.45) is 5.92. The molecule has 3 aromatic carbocycles. The zero-order chi connectivity index (χ0) is 27.6. The summed E-state index contributed by atoms with van der Waals surface area (Å²) in [6.45, 7) is 2.42. The van der Waals surface area contributed by atoms with Crippen LogP contribution in [0.1, 0.15) is 54.4 Å². The number of nitrogens with one attached hydrogen (secondary N) is 1. The van der Waals surface area contributed by atoms with Gasteiger partial charge in [0.05, 0.1) is 5.75 Å². The molecule has 1 atom stereocenters. The number of benzene rings is 3. The Bertz CT molecular complexity index is 1250. The van der Waals surface area contributed by atoms with Crippen LogP contribution in [0.25, 0.3) is 0 Å². The molecule has 1 fully saturated rings. The highest BCUT2D eigenvalue weighted by Gasteiger charge is 2.32. The van der Waals surface area contributed by atoms with Crippen LogP contribution in [0.15, 0.2) is 72.8 Å².